The molecule has 1 fully saturated rings. The highest BCUT2D eigenvalue weighted by Crippen LogP contribution is 2.30. The van der Waals surface area contributed by atoms with Crippen molar-refractivity contribution in [1.82, 2.24) is 9.78 Å². The number of rotatable bonds is 1. The summed E-state index contributed by atoms with van der Waals surface area (Å²) in [6.07, 6.45) is 4.46. The molecule has 4 nitrogen and oxygen atoms in total. The Morgan fingerprint density at radius 3 is 3.07 bits per heavy atom. The summed E-state index contributed by atoms with van der Waals surface area (Å²) in [6, 6.07) is 0.376. The van der Waals surface area contributed by atoms with Crippen molar-refractivity contribution in [3.63, 3.8) is 0 Å². The summed E-state index contributed by atoms with van der Waals surface area (Å²) in [4.78, 5) is 0. The van der Waals surface area contributed by atoms with Gasteiger partial charge in [-0.2, -0.15) is 5.10 Å². The molecule has 4 heteroatoms. The molecule has 1 saturated heterocycles. The van der Waals surface area contributed by atoms with Gasteiger partial charge in [-0.25, -0.2) is 4.68 Å². The van der Waals surface area contributed by atoms with Crippen LogP contribution in [0.5, 0.6) is 0 Å². The SMILES string of the molecule is Nc1c2c(nn1C1CCOC1)CCC2. The molecule has 0 saturated carbocycles. The number of fused-ring (bicyclic) bond motifs is 1. The fourth-order valence-corrected chi connectivity index (χ4v) is 2.43. The number of aryl methyl sites for hydroxylation is 1. The first-order chi connectivity index (χ1) is 6.86. The lowest BCUT2D eigenvalue weighted by Crippen LogP contribution is -2.14. The van der Waals surface area contributed by atoms with Crippen LogP contribution in [0.25, 0.3) is 0 Å². The molecule has 1 aromatic heterocycles. The van der Waals surface area contributed by atoms with Crippen LogP contribution in [0.15, 0.2) is 0 Å². The number of anilines is 1. The molecule has 0 bridgehead atoms. The topological polar surface area (TPSA) is 53.1 Å². The Bertz CT molecular complexity index is 352. The summed E-state index contributed by atoms with van der Waals surface area (Å²) in [5, 5.41) is 4.58. The molecule has 1 aliphatic heterocycles. The second kappa shape index (κ2) is 2.98. The van der Waals surface area contributed by atoms with E-state index in [2.05, 4.69) is 5.10 Å². The van der Waals surface area contributed by atoms with Crippen LogP contribution in [0.3, 0.4) is 0 Å². The number of hydrogen-bond donors (Lipinski definition) is 1. The molecule has 3 rings (SSSR count). The first kappa shape index (κ1) is 8.29. The van der Waals surface area contributed by atoms with Crippen LogP contribution in [-0.2, 0) is 17.6 Å². The number of nitrogens with zero attached hydrogens (tertiary/aromatic N) is 2. The lowest BCUT2D eigenvalue weighted by Gasteiger charge is -2.10. The van der Waals surface area contributed by atoms with E-state index >= 15 is 0 Å². The van der Waals surface area contributed by atoms with Gasteiger partial charge in [0, 0.05) is 12.2 Å². The highest BCUT2D eigenvalue weighted by Gasteiger charge is 2.26. The maximum absolute atomic E-state index is 6.08. The van der Waals surface area contributed by atoms with Crippen LogP contribution in [0, 0.1) is 0 Å². The van der Waals surface area contributed by atoms with Gasteiger partial charge in [0.05, 0.1) is 18.3 Å². The maximum atomic E-state index is 6.08. The Morgan fingerprint density at radius 2 is 2.36 bits per heavy atom. The van der Waals surface area contributed by atoms with Gasteiger partial charge < -0.3 is 10.5 Å². The van der Waals surface area contributed by atoms with Gasteiger partial charge in [0.25, 0.3) is 0 Å². The molecule has 0 radical (unpaired) electrons. The highest BCUT2D eigenvalue weighted by atomic mass is 16.5. The molecule has 76 valence electrons. The van der Waals surface area contributed by atoms with Crippen molar-refractivity contribution in [3.05, 3.63) is 11.3 Å². The van der Waals surface area contributed by atoms with E-state index in [-0.39, 0.29) is 0 Å². The zero-order chi connectivity index (χ0) is 9.54. The minimum absolute atomic E-state index is 0.376. The Balaban J connectivity index is 1.98. The van der Waals surface area contributed by atoms with Crippen molar-refractivity contribution >= 4 is 5.82 Å². The molecule has 0 aromatic carbocycles. The van der Waals surface area contributed by atoms with E-state index in [1.165, 1.54) is 17.7 Å². The summed E-state index contributed by atoms with van der Waals surface area (Å²) < 4.78 is 7.33. The van der Waals surface area contributed by atoms with E-state index in [0.717, 1.165) is 38.3 Å². The monoisotopic (exact) mass is 193 g/mol. The lowest BCUT2D eigenvalue weighted by molar-refractivity contribution is 0.185. The van der Waals surface area contributed by atoms with Crippen LogP contribution in [0.2, 0.25) is 0 Å². The van der Waals surface area contributed by atoms with E-state index in [1.54, 1.807) is 0 Å². The fraction of sp³-hybridized carbons (Fsp3) is 0.700. The largest absolute Gasteiger partial charge is 0.384 e. The molecule has 1 aromatic rings. The molecule has 1 atom stereocenters. The Morgan fingerprint density at radius 1 is 1.43 bits per heavy atom. The average Bonchev–Trinajstić information content (AvgIpc) is 2.84. The summed E-state index contributed by atoms with van der Waals surface area (Å²) >= 11 is 0. The predicted molar refractivity (Wildman–Crippen MR) is 53.1 cm³/mol. The number of nitrogens with two attached hydrogens (primary N) is 1. The average molecular weight is 193 g/mol. The van der Waals surface area contributed by atoms with Crippen molar-refractivity contribution in [2.45, 2.75) is 31.7 Å². The normalized spacial score (nSPS) is 25.6. The quantitative estimate of drug-likeness (QED) is 0.721. The van der Waals surface area contributed by atoms with Crippen molar-refractivity contribution in [1.29, 1.82) is 0 Å². The number of aromatic nitrogens is 2. The van der Waals surface area contributed by atoms with Crippen LogP contribution < -0.4 is 5.73 Å². The third kappa shape index (κ3) is 1.07. The van der Waals surface area contributed by atoms with Crippen molar-refractivity contribution < 1.29 is 4.74 Å². The van der Waals surface area contributed by atoms with Crippen molar-refractivity contribution in [2.24, 2.45) is 0 Å². The summed E-state index contributed by atoms with van der Waals surface area (Å²) in [5.41, 5.74) is 8.59. The van der Waals surface area contributed by atoms with Gasteiger partial charge in [-0.1, -0.05) is 0 Å². The van der Waals surface area contributed by atoms with Gasteiger partial charge >= 0.3 is 0 Å². The number of nitrogen functional groups attached to an aromatic ring is 1. The molecule has 2 N–H and O–H groups in total. The third-order valence-corrected chi connectivity index (χ3v) is 3.22. The second-order valence-corrected chi connectivity index (χ2v) is 4.13. The predicted octanol–water partition coefficient (Wildman–Crippen LogP) is 0.915. The van der Waals surface area contributed by atoms with Crippen LogP contribution in [0.4, 0.5) is 5.82 Å². The van der Waals surface area contributed by atoms with Crippen LogP contribution in [0.1, 0.15) is 30.1 Å². The maximum Gasteiger partial charge on any atom is 0.125 e. The zero-order valence-electron chi connectivity index (χ0n) is 8.20. The Hall–Kier alpha value is -1.03. The van der Waals surface area contributed by atoms with Gasteiger partial charge in [-0.15, -0.1) is 0 Å². The smallest absolute Gasteiger partial charge is 0.125 e. The molecule has 2 aliphatic rings. The van der Waals surface area contributed by atoms with Gasteiger partial charge in [0.1, 0.15) is 5.82 Å². The molecule has 0 amide bonds. The van der Waals surface area contributed by atoms with Gasteiger partial charge in [0.2, 0.25) is 0 Å². The third-order valence-electron chi connectivity index (χ3n) is 3.22. The van der Waals surface area contributed by atoms with Crippen molar-refractivity contribution in [3.8, 4) is 0 Å². The second-order valence-electron chi connectivity index (χ2n) is 4.13. The Kier molecular flexibility index (Phi) is 1.77. The Labute approximate surface area is 83.0 Å². The minimum atomic E-state index is 0.376. The zero-order valence-corrected chi connectivity index (χ0v) is 8.20. The molecule has 14 heavy (non-hydrogen) atoms. The fourth-order valence-electron chi connectivity index (χ4n) is 2.43. The molecule has 1 aliphatic carbocycles. The molecule has 0 spiro atoms. The first-order valence-corrected chi connectivity index (χ1v) is 5.30. The van der Waals surface area contributed by atoms with E-state index in [0.29, 0.717) is 6.04 Å². The number of hydrogen-bond acceptors (Lipinski definition) is 3. The van der Waals surface area contributed by atoms with Crippen molar-refractivity contribution in [2.75, 3.05) is 18.9 Å². The highest BCUT2D eigenvalue weighted by molar-refractivity contribution is 5.46. The van der Waals surface area contributed by atoms with Gasteiger partial charge in [-0.3, -0.25) is 0 Å². The first-order valence-electron chi connectivity index (χ1n) is 5.30. The van der Waals surface area contributed by atoms with E-state index < -0.39 is 0 Å². The molecular weight excluding hydrogens is 178 g/mol. The summed E-state index contributed by atoms with van der Waals surface area (Å²) in [6.45, 7) is 1.61. The summed E-state index contributed by atoms with van der Waals surface area (Å²) in [7, 11) is 0. The standard InChI is InChI=1S/C10H15N3O/c11-10-8-2-1-3-9(8)12-13(10)7-4-5-14-6-7/h7H,1-6,11H2. The summed E-state index contributed by atoms with van der Waals surface area (Å²) in [5.74, 6) is 0.882. The van der Waals surface area contributed by atoms with Crippen LogP contribution in [-0.4, -0.2) is 23.0 Å². The number of ether oxygens (including phenoxy) is 1. The van der Waals surface area contributed by atoms with E-state index in [4.69, 9.17) is 10.5 Å². The van der Waals surface area contributed by atoms with E-state index in [1.807, 2.05) is 4.68 Å². The van der Waals surface area contributed by atoms with E-state index in [9.17, 15) is 0 Å². The minimum Gasteiger partial charge on any atom is -0.384 e. The lowest BCUT2D eigenvalue weighted by atomic mass is 10.2. The molecule has 1 unspecified atom stereocenters. The van der Waals surface area contributed by atoms with Gasteiger partial charge in [0.15, 0.2) is 0 Å². The molecular formula is C10H15N3O. The van der Waals surface area contributed by atoms with Crippen LogP contribution >= 0.6 is 0 Å². The molecule has 2 heterocycles. The van der Waals surface area contributed by atoms with Gasteiger partial charge in [-0.05, 0) is 25.7 Å².